The van der Waals surface area contributed by atoms with Crippen molar-refractivity contribution in [2.75, 3.05) is 0 Å². The smallest absolute Gasteiger partial charge is 0.164 e. The molecule has 0 fully saturated rings. The van der Waals surface area contributed by atoms with Crippen LogP contribution in [0.1, 0.15) is 0 Å². The lowest BCUT2D eigenvalue weighted by atomic mass is 9.91. The number of hydrogen-bond donors (Lipinski definition) is 0. The van der Waals surface area contributed by atoms with Crippen LogP contribution in [-0.2, 0) is 0 Å². The summed E-state index contributed by atoms with van der Waals surface area (Å²) in [7, 11) is 0. The van der Waals surface area contributed by atoms with E-state index in [1.807, 2.05) is 60.7 Å². The molecule has 1 heterocycles. The van der Waals surface area contributed by atoms with Crippen LogP contribution in [0.5, 0.6) is 0 Å². The van der Waals surface area contributed by atoms with Crippen molar-refractivity contribution in [3.63, 3.8) is 0 Å². The van der Waals surface area contributed by atoms with Gasteiger partial charge in [-0.3, -0.25) is 0 Å². The van der Waals surface area contributed by atoms with Crippen molar-refractivity contribution in [1.29, 1.82) is 0 Å². The van der Waals surface area contributed by atoms with E-state index < -0.39 is 0 Å². The molecule has 6 aromatic carbocycles. The van der Waals surface area contributed by atoms with Gasteiger partial charge in [-0.25, -0.2) is 15.0 Å². The largest absolute Gasteiger partial charge is 0.208 e. The summed E-state index contributed by atoms with van der Waals surface area (Å²) < 4.78 is 0. The van der Waals surface area contributed by atoms with Crippen LogP contribution in [0.3, 0.4) is 0 Å². The summed E-state index contributed by atoms with van der Waals surface area (Å²) in [6.07, 6.45) is 0. The SMILES string of the molecule is c1ccc(-c2nc(-c3ccccc3)nc(-c3ccc4ccccc4c3-c3ccc4ccccc4c3)n2)cc1. The predicted octanol–water partition coefficient (Wildman–Crippen LogP) is 8.85. The molecule has 178 valence electrons. The molecule has 0 N–H and O–H groups in total. The van der Waals surface area contributed by atoms with Crippen LogP contribution in [-0.4, -0.2) is 15.0 Å². The molecule has 7 aromatic rings. The Morgan fingerprint density at radius 2 is 0.868 bits per heavy atom. The highest BCUT2D eigenvalue weighted by atomic mass is 15.0. The molecule has 0 spiro atoms. The average molecular weight is 486 g/mol. The van der Waals surface area contributed by atoms with Gasteiger partial charge in [-0.05, 0) is 39.2 Å². The summed E-state index contributed by atoms with van der Waals surface area (Å²) in [6.45, 7) is 0. The van der Waals surface area contributed by atoms with Crippen LogP contribution in [0.25, 0.3) is 66.8 Å². The number of rotatable bonds is 4. The summed E-state index contributed by atoms with van der Waals surface area (Å²) in [5, 5.41) is 4.77. The lowest BCUT2D eigenvalue weighted by Crippen LogP contribution is -2.01. The molecule has 0 aliphatic carbocycles. The van der Waals surface area contributed by atoms with Crippen molar-refractivity contribution in [2.24, 2.45) is 0 Å². The fraction of sp³-hybridized carbons (Fsp3) is 0. The standard InChI is InChI=1S/C35H23N3/c1-3-13-26(14-4-1)33-36-34(27-15-5-2-6-16-27)38-35(37-33)31-22-21-25-12-9-10-18-30(25)32(31)29-20-19-24-11-7-8-17-28(24)23-29/h1-23H. The summed E-state index contributed by atoms with van der Waals surface area (Å²) in [5.41, 5.74) is 5.16. The van der Waals surface area contributed by atoms with Gasteiger partial charge in [-0.1, -0.05) is 127 Å². The van der Waals surface area contributed by atoms with E-state index in [9.17, 15) is 0 Å². The summed E-state index contributed by atoms with van der Waals surface area (Å²) >= 11 is 0. The van der Waals surface area contributed by atoms with E-state index in [0.29, 0.717) is 17.5 Å². The second kappa shape index (κ2) is 9.38. The monoisotopic (exact) mass is 485 g/mol. The summed E-state index contributed by atoms with van der Waals surface area (Å²) in [6, 6.07) is 48.1. The van der Waals surface area contributed by atoms with Crippen molar-refractivity contribution in [3.05, 3.63) is 140 Å². The average Bonchev–Trinajstić information content (AvgIpc) is 3.01. The molecule has 7 rings (SSSR count). The van der Waals surface area contributed by atoms with Crippen molar-refractivity contribution >= 4 is 21.5 Å². The molecular weight excluding hydrogens is 462 g/mol. The van der Waals surface area contributed by atoms with Gasteiger partial charge >= 0.3 is 0 Å². The van der Waals surface area contributed by atoms with Gasteiger partial charge in [0, 0.05) is 22.3 Å². The van der Waals surface area contributed by atoms with Gasteiger partial charge in [-0.15, -0.1) is 0 Å². The topological polar surface area (TPSA) is 38.7 Å². The molecular formula is C35H23N3. The molecule has 38 heavy (non-hydrogen) atoms. The first-order valence-electron chi connectivity index (χ1n) is 12.7. The maximum atomic E-state index is 5.03. The van der Waals surface area contributed by atoms with Crippen LogP contribution in [0.4, 0.5) is 0 Å². The van der Waals surface area contributed by atoms with E-state index in [-0.39, 0.29) is 0 Å². The van der Waals surface area contributed by atoms with Crippen LogP contribution in [0.2, 0.25) is 0 Å². The van der Waals surface area contributed by atoms with Gasteiger partial charge in [-0.2, -0.15) is 0 Å². The molecule has 0 aliphatic rings. The Morgan fingerprint density at radius 1 is 0.342 bits per heavy atom. The van der Waals surface area contributed by atoms with Gasteiger partial charge < -0.3 is 0 Å². The Hall–Kier alpha value is -5.15. The molecule has 0 bridgehead atoms. The Bertz CT molecular complexity index is 1850. The molecule has 3 heteroatoms. The Morgan fingerprint density at radius 3 is 1.55 bits per heavy atom. The predicted molar refractivity (Wildman–Crippen MR) is 157 cm³/mol. The normalized spacial score (nSPS) is 11.2. The molecule has 0 radical (unpaired) electrons. The number of hydrogen-bond acceptors (Lipinski definition) is 3. The first-order chi connectivity index (χ1) is 18.8. The highest BCUT2D eigenvalue weighted by Gasteiger charge is 2.18. The van der Waals surface area contributed by atoms with Gasteiger partial charge in [0.05, 0.1) is 0 Å². The van der Waals surface area contributed by atoms with Crippen LogP contribution in [0.15, 0.2) is 140 Å². The molecule has 0 amide bonds. The number of aromatic nitrogens is 3. The van der Waals surface area contributed by atoms with Gasteiger partial charge in [0.25, 0.3) is 0 Å². The Kier molecular flexibility index (Phi) is 5.45. The van der Waals surface area contributed by atoms with Crippen LogP contribution < -0.4 is 0 Å². The summed E-state index contributed by atoms with van der Waals surface area (Å²) in [5.74, 6) is 1.98. The molecule has 0 unspecified atom stereocenters. The minimum Gasteiger partial charge on any atom is -0.208 e. The lowest BCUT2D eigenvalue weighted by molar-refractivity contribution is 1.07. The number of benzene rings is 6. The van der Waals surface area contributed by atoms with Gasteiger partial charge in [0.15, 0.2) is 17.5 Å². The van der Waals surface area contributed by atoms with E-state index >= 15 is 0 Å². The zero-order valence-corrected chi connectivity index (χ0v) is 20.6. The van der Waals surface area contributed by atoms with Gasteiger partial charge in [0.1, 0.15) is 0 Å². The molecule has 0 saturated carbocycles. The first kappa shape index (κ1) is 22.1. The fourth-order valence-corrected chi connectivity index (χ4v) is 5.04. The second-order valence-electron chi connectivity index (χ2n) is 9.31. The van der Waals surface area contributed by atoms with Gasteiger partial charge in [0.2, 0.25) is 0 Å². The van der Waals surface area contributed by atoms with Crippen molar-refractivity contribution in [2.45, 2.75) is 0 Å². The Labute approximate surface area is 221 Å². The third kappa shape index (κ3) is 4.00. The highest BCUT2D eigenvalue weighted by Crippen LogP contribution is 2.39. The summed E-state index contributed by atoms with van der Waals surface area (Å²) in [4.78, 5) is 14.9. The zero-order chi connectivity index (χ0) is 25.3. The minimum atomic E-state index is 0.659. The zero-order valence-electron chi connectivity index (χ0n) is 20.6. The molecule has 0 aliphatic heterocycles. The maximum absolute atomic E-state index is 5.03. The highest BCUT2D eigenvalue weighted by molar-refractivity contribution is 6.05. The van der Waals surface area contributed by atoms with Crippen molar-refractivity contribution < 1.29 is 0 Å². The third-order valence-corrected chi connectivity index (χ3v) is 6.91. The Balaban J connectivity index is 1.53. The fourth-order valence-electron chi connectivity index (χ4n) is 5.04. The molecule has 0 saturated heterocycles. The lowest BCUT2D eigenvalue weighted by Gasteiger charge is -2.15. The molecule has 0 atom stereocenters. The van der Waals surface area contributed by atoms with E-state index in [4.69, 9.17) is 15.0 Å². The van der Waals surface area contributed by atoms with E-state index in [1.54, 1.807) is 0 Å². The first-order valence-corrected chi connectivity index (χ1v) is 12.7. The number of fused-ring (bicyclic) bond motifs is 2. The van der Waals surface area contributed by atoms with E-state index in [0.717, 1.165) is 27.8 Å². The second-order valence-corrected chi connectivity index (χ2v) is 9.31. The number of nitrogens with zero attached hydrogens (tertiary/aromatic N) is 3. The quantitative estimate of drug-likeness (QED) is 0.250. The third-order valence-electron chi connectivity index (χ3n) is 6.91. The van der Waals surface area contributed by atoms with E-state index in [1.165, 1.54) is 21.5 Å². The minimum absolute atomic E-state index is 0.659. The van der Waals surface area contributed by atoms with E-state index in [2.05, 4.69) is 78.9 Å². The van der Waals surface area contributed by atoms with Crippen LogP contribution >= 0.6 is 0 Å². The molecule has 1 aromatic heterocycles. The maximum Gasteiger partial charge on any atom is 0.164 e. The van der Waals surface area contributed by atoms with Crippen molar-refractivity contribution in [1.82, 2.24) is 15.0 Å². The van der Waals surface area contributed by atoms with Crippen LogP contribution in [0, 0.1) is 0 Å². The molecule has 3 nitrogen and oxygen atoms in total. The van der Waals surface area contributed by atoms with Crippen molar-refractivity contribution in [3.8, 4) is 45.3 Å².